The predicted octanol–water partition coefficient (Wildman–Crippen LogP) is 2.12. The highest BCUT2D eigenvalue weighted by Crippen LogP contribution is 2.27. The number of ether oxygens (including phenoxy) is 1. The van der Waals surface area contributed by atoms with E-state index < -0.39 is 0 Å². The molecule has 120 valence electrons. The molecule has 24 heavy (non-hydrogen) atoms. The fourth-order valence-corrected chi connectivity index (χ4v) is 2.98. The molecule has 1 aliphatic rings. The molecule has 0 spiro atoms. The van der Waals surface area contributed by atoms with Gasteiger partial charge < -0.3 is 14.6 Å². The van der Waals surface area contributed by atoms with Gasteiger partial charge in [0.25, 0.3) is 0 Å². The van der Waals surface area contributed by atoms with Gasteiger partial charge in [0.15, 0.2) is 5.82 Å². The molecule has 4 rings (SSSR count). The zero-order valence-electron chi connectivity index (χ0n) is 13.2. The summed E-state index contributed by atoms with van der Waals surface area (Å²) in [6.07, 6.45) is 3.55. The summed E-state index contributed by atoms with van der Waals surface area (Å²) >= 11 is 0. The molecular weight excluding hydrogens is 304 g/mol. The van der Waals surface area contributed by atoms with Gasteiger partial charge in [-0.05, 0) is 19.1 Å². The predicted molar refractivity (Wildman–Crippen MR) is 89.5 cm³/mol. The third-order valence-corrected chi connectivity index (χ3v) is 4.19. The van der Waals surface area contributed by atoms with Crippen LogP contribution in [0.3, 0.4) is 0 Å². The quantitative estimate of drug-likeness (QED) is 0.777. The number of aromatic nitrogens is 4. The second-order valence-corrected chi connectivity index (χ2v) is 5.76. The second-order valence-electron chi connectivity index (χ2n) is 5.76. The molecule has 4 heterocycles. The molecule has 1 atom stereocenters. The third-order valence-electron chi connectivity index (χ3n) is 4.19. The number of nitrogens with one attached hydrogen (secondary N) is 1. The van der Waals surface area contributed by atoms with Crippen LogP contribution in [0.4, 0.5) is 5.82 Å². The maximum Gasteiger partial charge on any atom is 0.163 e. The Morgan fingerprint density at radius 1 is 1.38 bits per heavy atom. The van der Waals surface area contributed by atoms with Crippen molar-refractivity contribution < 1.29 is 4.74 Å². The summed E-state index contributed by atoms with van der Waals surface area (Å²) < 4.78 is 5.49. The Morgan fingerprint density at radius 2 is 2.29 bits per heavy atom. The monoisotopic (exact) mass is 320 g/mol. The van der Waals surface area contributed by atoms with Crippen LogP contribution in [-0.4, -0.2) is 45.7 Å². The van der Waals surface area contributed by atoms with Gasteiger partial charge in [0.05, 0.1) is 19.3 Å². The minimum atomic E-state index is 0.206. The van der Waals surface area contributed by atoms with Crippen LogP contribution in [0.25, 0.3) is 22.4 Å². The molecule has 3 aromatic rings. The largest absolute Gasteiger partial charge is 0.377 e. The summed E-state index contributed by atoms with van der Waals surface area (Å²) in [5, 5.41) is 10.3. The Balaban J connectivity index is 1.86. The number of morpholine rings is 1. The maximum atomic E-state index is 9.37. The number of pyridine rings is 1. The average molecular weight is 320 g/mol. The van der Waals surface area contributed by atoms with Crippen molar-refractivity contribution >= 4 is 16.9 Å². The van der Waals surface area contributed by atoms with E-state index in [1.807, 2.05) is 18.3 Å². The van der Waals surface area contributed by atoms with Crippen LogP contribution in [0.1, 0.15) is 12.6 Å². The smallest absolute Gasteiger partial charge is 0.163 e. The topological polar surface area (TPSA) is 90.7 Å². The fraction of sp³-hybridized carbons (Fsp3) is 0.294. The first-order chi connectivity index (χ1) is 11.8. The molecule has 7 heteroatoms. The first-order valence-electron chi connectivity index (χ1n) is 7.82. The Bertz CT molecular complexity index is 928. The first-order valence-corrected chi connectivity index (χ1v) is 7.82. The number of fused-ring (bicyclic) bond motifs is 1. The first kappa shape index (κ1) is 14.6. The van der Waals surface area contributed by atoms with Crippen molar-refractivity contribution in [1.82, 2.24) is 19.9 Å². The van der Waals surface area contributed by atoms with Crippen molar-refractivity contribution in [2.45, 2.75) is 13.0 Å². The number of nitriles is 1. The Labute approximate surface area is 138 Å². The third kappa shape index (κ3) is 2.47. The van der Waals surface area contributed by atoms with Crippen LogP contribution < -0.4 is 4.90 Å². The van der Waals surface area contributed by atoms with Gasteiger partial charge in [-0.1, -0.05) is 0 Å². The summed E-state index contributed by atoms with van der Waals surface area (Å²) in [4.78, 5) is 18.7. The normalized spacial score (nSPS) is 17.8. The highest BCUT2D eigenvalue weighted by molar-refractivity contribution is 5.91. The highest BCUT2D eigenvalue weighted by Gasteiger charge is 2.22. The van der Waals surface area contributed by atoms with Crippen molar-refractivity contribution in [3.8, 4) is 17.5 Å². The molecule has 1 fully saturated rings. The molecule has 0 bridgehead atoms. The Kier molecular flexibility index (Phi) is 3.59. The van der Waals surface area contributed by atoms with Crippen LogP contribution >= 0.6 is 0 Å². The number of aromatic amines is 1. The van der Waals surface area contributed by atoms with Crippen molar-refractivity contribution in [2.75, 3.05) is 24.7 Å². The summed E-state index contributed by atoms with van der Waals surface area (Å²) in [7, 11) is 0. The average Bonchev–Trinajstić information content (AvgIpc) is 3.10. The van der Waals surface area contributed by atoms with Crippen molar-refractivity contribution in [2.24, 2.45) is 0 Å². The highest BCUT2D eigenvalue weighted by atomic mass is 16.5. The summed E-state index contributed by atoms with van der Waals surface area (Å²) in [5.41, 5.74) is 1.99. The van der Waals surface area contributed by atoms with Crippen LogP contribution in [0.2, 0.25) is 0 Å². The number of nitrogens with zero attached hydrogens (tertiary/aromatic N) is 5. The molecule has 0 aromatic carbocycles. The van der Waals surface area contributed by atoms with Gasteiger partial charge in [-0.2, -0.15) is 5.26 Å². The van der Waals surface area contributed by atoms with Gasteiger partial charge in [0, 0.05) is 36.0 Å². The summed E-state index contributed by atoms with van der Waals surface area (Å²) in [6, 6.07) is 7.90. The minimum absolute atomic E-state index is 0.206. The van der Waals surface area contributed by atoms with Crippen LogP contribution in [0.15, 0.2) is 30.6 Å². The van der Waals surface area contributed by atoms with Crippen LogP contribution in [-0.2, 0) is 4.74 Å². The summed E-state index contributed by atoms with van der Waals surface area (Å²) in [6.45, 7) is 4.14. The van der Waals surface area contributed by atoms with Gasteiger partial charge in [-0.15, -0.1) is 0 Å². The maximum absolute atomic E-state index is 9.37. The molecule has 1 saturated heterocycles. The van der Waals surface area contributed by atoms with E-state index in [2.05, 4.69) is 32.8 Å². The van der Waals surface area contributed by atoms with E-state index in [4.69, 9.17) is 9.72 Å². The van der Waals surface area contributed by atoms with Gasteiger partial charge in [0.2, 0.25) is 0 Å². The number of H-pyrrole nitrogens is 1. The molecule has 0 radical (unpaired) electrons. The molecular formula is C17H16N6O. The molecule has 0 saturated carbocycles. The Hall–Kier alpha value is -2.98. The zero-order chi connectivity index (χ0) is 16.5. The van der Waals surface area contributed by atoms with Crippen LogP contribution in [0.5, 0.6) is 0 Å². The van der Waals surface area contributed by atoms with Crippen molar-refractivity contribution in [3.05, 3.63) is 36.3 Å². The molecule has 1 aliphatic heterocycles. The lowest BCUT2D eigenvalue weighted by molar-refractivity contribution is 0.0985. The lowest BCUT2D eigenvalue weighted by Gasteiger charge is -2.34. The van der Waals surface area contributed by atoms with E-state index in [1.54, 1.807) is 12.3 Å². The van der Waals surface area contributed by atoms with E-state index in [1.165, 1.54) is 0 Å². The minimum Gasteiger partial charge on any atom is -0.377 e. The molecule has 7 nitrogen and oxygen atoms in total. The van der Waals surface area contributed by atoms with Gasteiger partial charge >= 0.3 is 0 Å². The van der Waals surface area contributed by atoms with Crippen molar-refractivity contribution in [3.63, 3.8) is 0 Å². The number of rotatable bonds is 2. The van der Waals surface area contributed by atoms with E-state index in [0.29, 0.717) is 24.7 Å². The molecule has 1 N–H and O–H groups in total. The van der Waals surface area contributed by atoms with E-state index in [-0.39, 0.29) is 6.04 Å². The van der Waals surface area contributed by atoms with E-state index >= 15 is 0 Å². The second kappa shape index (κ2) is 5.91. The lowest BCUT2D eigenvalue weighted by atomic mass is 10.1. The summed E-state index contributed by atoms with van der Waals surface area (Å²) in [5.74, 6) is 1.29. The molecule has 0 aliphatic carbocycles. The Morgan fingerprint density at radius 3 is 3.12 bits per heavy atom. The van der Waals surface area contributed by atoms with E-state index in [9.17, 15) is 5.26 Å². The fourth-order valence-electron chi connectivity index (χ4n) is 2.98. The van der Waals surface area contributed by atoms with Gasteiger partial charge in [-0.25, -0.2) is 15.0 Å². The van der Waals surface area contributed by atoms with Gasteiger partial charge in [-0.3, -0.25) is 0 Å². The van der Waals surface area contributed by atoms with Crippen molar-refractivity contribution in [1.29, 1.82) is 5.26 Å². The van der Waals surface area contributed by atoms with Gasteiger partial charge in [0.1, 0.15) is 23.2 Å². The van der Waals surface area contributed by atoms with Crippen LogP contribution in [0, 0.1) is 11.3 Å². The molecule has 3 aromatic heterocycles. The number of hydrogen-bond acceptors (Lipinski definition) is 6. The standard InChI is InChI=1S/C17H16N6O/c1-11-10-24-7-6-23(11)15-8-12(9-18)21-17(22-15)14-3-5-20-16-13(14)2-4-19-16/h2-5,8,11H,6-7,10H2,1H3,(H,19,20). The zero-order valence-corrected chi connectivity index (χ0v) is 13.2. The lowest BCUT2D eigenvalue weighted by Crippen LogP contribution is -2.44. The molecule has 0 amide bonds. The number of anilines is 1. The molecule has 1 unspecified atom stereocenters. The number of hydrogen-bond donors (Lipinski definition) is 1. The van der Waals surface area contributed by atoms with E-state index in [0.717, 1.165) is 29.0 Å². The SMILES string of the molecule is CC1COCCN1c1cc(C#N)nc(-c2ccnc3[nH]ccc23)n1.